The van der Waals surface area contributed by atoms with Crippen molar-refractivity contribution in [3.05, 3.63) is 205 Å². The zero-order valence-corrected chi connectivity index (χ0v) is 29.5. The van der Waals surface area contributed by atoms with Gasteiger partial charge in [0.05, 0.1) is 22.4 Å². The van der Waals surface area contributed by atoms with Crippen LogP contribution >= 0.6 is 0 Å². The zero-order valence-electron chi connectivity index (χ0n) is 29.5. The van der Waals surface area contributed by atoms with Crippen molar-refractivity contribution in [1.82, 2.24) is 4.57 Å². The van der Waals surface area contributed by atoms with Crippen LogP contribution in [0, 0.1) is 0 Å². The van der Waals surface area contributed by atoms with Gasteiger partial charge >= 0.3 is 0 Å². The third-order valence-corrected chi connectivity index (χ3v) is 11.2. The number of para-hydroxylation sites is 2. The van der Waals surface area contributed by atoms with Gasteiger partial charge in [-0.3, -0.25) is 4.99 Å². The van der Waals surface area contributed by atoms with Crippen molar-refractivity contribution in [2.45, 2.75) is 12.3 Å². The van der Waals surface area contributed by atoms with E-state index < -0.39 is 0 Å². The second-order valence-corrected chi connectivity index (χ2v) is 14.3. The van der Waals surface area contributed by atoms with Crippen LogP contribution in [-0.2, 0) is 0 Å². The number of rotatable bonds is 5. The number of benzene rings is 8. The summed E-state index contributed by atoms with van der Waals surface area (Å²) in [6.07, 6.45) is 0.826. The van der Waals surface area contributed by atoms with Crippen LogP contribution in [0.5, 0.6) is 0 Å². The van der Waals surface area contributed by atoms with Gasteiger partial charge in [-0.05, 0) is 69.3 Å². The smallest absolute Gasteiger partial charge is 0.159 e. The molecule has 1 atom stereocenters. The molecule has 0 aliphatic carbocycles. The van der Waals surface area contributed by atoms with E-state index in [2.05, 4.69) is 193 Å². The maximum absolute atomic E-state index is 7.01. The minimum Gasteiger partial charge on any atom is -0.454 e. The van der Waals surface area contributed by atoms with Gasteiger partial charge in [0.1, 0.15) is 5.58 Å². The highest BCUT2D eigenvalue weighted by Gasteiger charge is 2.26. The fraction of sp³-hybridized carbons (Fsp3) is 0.0392. The van der Waals surface area contributed by atoms with Crippen molar-refractivity contribution < 1.29 is 4.42 Å². The molecule has 0 N–H and O–H groups in total. The maximum Gasteiger partial charge on any atom is 0.159 e. The van der Waals surface area contributed by atoms with Gasteiger partial charge < -0.3 is 8.98 Å². The highest BCUT2D eigenvalue weighted by atomic mass is 16.3. The fourth-order valence-electron chi connectivity index (χ4n) is 8.58. The van der Waals surface area contributed by atoms with Crippen LogP contribution in [0.1, 0.15) is 29.0 Å². The Morgan fingerprint density at radius 2 is 1.06 bits per heavy atom. The van der Waals surface area contributed by atoms with Crippen LogP contribution in [0.4, 0.5) is 5.69 Å². The van der Waals surface area contributed by atoms with E-state index in [1.807, 2.05) is 0 Å². The van der Waals surface area contributed by atoms with E-state index in [1.165, 1.54) is 49.7 Å². The third-order valence-electron chi connectivity index (χ3n) is 11.2. The summed E-state index contributed by atoms with van der Waals surface area (Å²) < 4.78 is 9.43. The van der Waals surface area contributed by atoms with Crippen molar-refractivity contribution >= 4 is 55.1 Å². The van der Waals surface area contributed by atoms with Gasteiger partial charge in [-0.2, -0.15) is 0 Å². The second-order valence-electron chi connectivity index (χ2n) is 14.3. The van der Waals surface area contributed by atoms with Gasteiger partial charge in [-0.15, -0.1) is 0 Å². The number of hydrogen-bond acceptors (Lipinski definition) is 2. The first-order chi connectivity index (χ1) is 26.8. The summed E-state index contributed by atoms with van der Waals surface area (Å²) in [4.78, 5) is 5.12. The molecule has 0 saturated carbocycles. The Hall–Kier alpha value is -6.97. The zero-order chi connectivity index (χ0) is 35.6. The molecule has 3 nitrogen and oxygen atoms in total. The predicted octanol–water partition coefficient (Wildman–Crippen LogP) is 13.7. The topological polar surface area (TPSA) is 30.4 Å². The maximum atomic E-state index is 7.01. The summed E-state index contributed by atoms with van der Waals surface area (Å²) in [6.45, 7) is 0. The summed E-state index contributed by atoms with van der Waals surface area (Å²) >= 11 is 0. The Morgan fingerprint density at radius 1 is 0.463 bits per heavy atom. The molecule has 11 rings (SSSR count). The van der Waals surface area contributed by atoms with Gasteiger partial charge in [-0.25, -0.2) is 0 Å². The molecule has 1 aliphatic rings. The Kier molecular flexibility index (Phi) is 6.99. The van der Waals surface area contributed by atoms with Crippen LogP contribution in [0.3, 0.4) is 0 Å². The molecule has 254 valence electrons. The molecule has 0 fully saturated rings. The summed E-state index contributed by atoms with van der Waals surface area (Å²) in [5.74, 6) is 0.163. The van der Waals surface area contributed by atoms with E-state index in [9.17, 15) is 0 Å². The lowest BCUT2D eigenvalue weighted by Crippen LogP contribution is -2.14. The Balaban J connectivity index is 1.11. The number of fused-ring (bicyclic) bond motifs is 7. The molecular formula is C51H34N2O. The van der Waals surface area contributed by atoms with Crippen LogP contribution in [0.25, 0.3) is 71.7 Å². The molecule has 0 bridgehead atoms. The predicted molar refractivity (Wildman–Crippen MR) is 224 cm³/mol. The first-order valence-electron chi connectivity index (χ1n) is 18.6. The first-order valence-corrected chi connectivity index (χ1v) is 18.6. The largest absolute Gasteiger partial charge is 0.454 e. The average Bonchev–Trinajstić information content (AvgIpc) is 3.79. The van der Waals surface area contributed by atoms with Crippen molar-refractivity contribution in [3.63, 3.8) is 0 Å². The highest BCUT2D eigenvalue weighted by molar-refractivity contribution is 6.14. The first kappa shape index (κ1) is 30.6. The molecule has 0 saturated heterocycles. The van der Waals surface area contributed by atoms with Crippen LogP contribution in [-0.4, -0.2) is 10.3 Å². The number of hydrogen-bond donors (Lipinski definition) is 0. The molecule has 0 spiro atoms. The Morgan fingerprint density at radius 3 is 1.72 bits per heavy atom. The average molecular weight is 691 g/mol. The highest BCUT2D eigenvalue weighted by Crippen LogP contribution is 2.44. The van der Waals surface area contributed by atoms with Gasteiger partial charge in [0.25, 0.3) is 0 Å². The molecule has 8 aromatic carbocycles. The normalized spacial score (nSPS) is 14.1. The molecule has 54 heavy (non-hydrogen) atoms. The lowest BCUT2D eigenvalue weighted by Gasteiger charge is -2.25. The minimum atomic E-state index is 0.163. The number of aromatic nitrogens is 1. The molecule has 0 radical (unpaired) electrons. The standard InChI is InChI=1S/C51H34N2O/c1-4-13-33(14-5-1)36-23-26-40-41-27-24-37(34-15-6-2-7-16-34)30-49(41)53(48(40)29-36)47-22-12-20-43-42-28-25-38(31-50(42)54-51(43)47)44-32-46(35-17-8-3-9-18-35)52-45-21-11-10-19-39(44)45/h1-31,44H,32H2/t44-/m0/s1. The minimum absolute atomic E-state index is 0.163. The van der Waals surface area contributed by atoms with Crippen molar-refractivity contribution in [1.29, 1.82) is 0 Å². The fourth-order valence-corrected chi connectivity index (χ4v) is 8.58. The second kappa shape index (κ2) is 12.3. The lowest BCUT2D eigenvalue weighted by atomic mass is 9.82. The molecule has 0 amide bonds. The van der Waals surface area contributed by atoms with E-state index >= 15 is 0 Å². The third kappa shape index (κ3) is 4.93. The van der Waals surface area contributed by atoms with Crippen molar-refractivity contribution in [2.75, 3.05) is 0 Å². The molecule has 2 aromatic heterocycles. The van der Waals surface area contributed by atoms with Crippen LogP contribution < -0.4 is 0 Å². The lowest BCUT2D eigenvalue weighted by molar-refractivity contribution is 0.664. The van der Waals surface area contributed by atoms with Crippen LogP contribution in [0.2, 0.25) is 0 Å². The van der Waals surface area contributed by atoms with Crippen molar-refractivity contribution in [2.24, 2.45) is 4.99 Å². The van der Waals surface area contributed by atoms with Crippen molar-refractivity contribution in [3.8, 4) is 27.9 Å². The summed E-state index contributed by atoms with van der Waals surface area (Å²) in [7, 11) is 0. The van der Waals surface area contributed by atoms with E-state index in [-0.39, 0.29) is 5.92 Å². The number of furan rings is 1. The molecule has 3 heteroatoms. The SMILES string of the molecule is c1ccc(C2=Nc3ccccc3[C@H](c3ccc4c(c3)oc3c(-n5c6cc(-c7ccccc7)ccc6c6ccc(-c7ccccc7)cc65)cccc34)C2)cc1. The van der Waals surface area contributed by atoms with E-state index in [0.29, 0.717) is 0 Å². The van der Waals surface area contributed by atoms with E-state index in [1.54, 1.807) is 0 Å². The monoisotopic (exact) mass is 690 g/mol. The summed E-state index contributed by atoms with van der Waals surface area (Å²) in [5, 5.41) is 4.66. The molecule has 0 unspecified atom stereocenters. The van der Waals surface area contributed by atoms with E-state index in [0.717, 1.165) is 56.5 Å². The molecule has 10 aromatic rings. The van der Waals surface area contributed by atoms with Gasteiger partial charge in [0.2, 0.25) is 0 Å². The quantitative estimate of drug-likeness (QED) is 0.177. The number of aliphatic imine (C=N–C) groups is 1. The summed E-state index contributed by atoms with van der Waals surface area (Å²) in [6, 6.07) is 67.5. The van der Waals surface area contributed by atoms with Gasteiger partial charge in [0, 0.05) is 39.6 Å². The number of nitrogens with zero attached hydrogens (tertiary/aromatic N) is 2. The van der Waals surface area contributed by atoms with Gasteiger partial charge in [-0.1, -0.05) is 158 Å². The Labute approximate surface area is 313 Å². The Bertz CT molecular complexity index is 2970. The van der Waals surface area contributed by atoms with E-state index in [4.69, 9.17) is 9.41 Å². The molecule has 1 aliphatic heterocycles. The van der Waals surface area contributed by atoms with Gasteiger partial charge in [0.15, 0.2) is 5.58 Å². The summed E-state index contributed by atoms with van der Waals surface area (Å²) in [5.41, 5.74) is 15.7. The molecular weight excluding hydrogens is 657 g/mol. The molecule has 3 heterocycles. The van der Waals surface area contributed by atoms with Crippen LogP contribution in [0.15, 0.2) is 197 Å².